The first-order valence-corrected chi connectivity index (χ1v) is 7.08. The summed E-state index contributed by atoms with van der Waals surface area (Å²) in [6.45, 7) is 3.04. The average molecular weight is 274 g/mol. The molecule has 0 unspecified atom stereocenters. The fraction of sp³-hybridized carbons (Fsp3) is 0.267. The lowest BCUT2D eigenvalue weighted by Gasteiger charge is -2.23. The van der Waals surface area contributed by atoms with Crippen LogP contribution in [0.25, 0.3) is 0 Å². The lowest BCUT2D eigenvalue weighted by Crippen LogP contribution is -2.21. The summed E-state index contributed by atoms with van der Waals surface area (Å²) in [6, 6.07) is 12.1. The molecule has 100 valence electrons. The van der Waals surface area contributed by atoms with Crippen LogP contribution in [0.1, 0.15) is 33.8 Å². The predicted molar refractivity (Wildman–Crippen MR) is 79.2 cm³/mol. The molecule has 0 radical (unpaired) electrons. The first kappa shape index (κ1) is 13.8. The summed E-state index contributed by atoms with van der Waals surface area (Å²) in [6.07, 6.45) is 0. The maximum Gasteiger partial charge on any atom is 0.248 e. The minimum absolute atomic E-state index is 0.383. The van der Waals surface area contributed by atoms with E-state index in [1.165, 1.54) is 10.4 Å². The van der Waals surface area contributed by atoms with Crippen molar-refractivity contribution in [2.75, 3.05) is 7.05 Å². The van der Waals surface area contributed by atoms with Crippen LogP contribution >= 0.6 is 11.3 Å². The van der Waals surface area contributed by atoms with Crippen LogP contribution in [0.3, 0.4) is 0 Å². The first-order valence-electron chi connectivity index (χ1n) is 6.20. The highest BCUT2D eigenvalue weighted by Crippen LogP contribution is 2.24. The summed E-state index contributed by atoms with van der Waals surface area (Å²) in [5, 5.41) is 2.10. The van der Waals surface area contributed by atoms with E-state index in [4.69, 9.17) is 5.73 Å². The summed E-state index contributed by atoms with van der Waals surface area (Å²) in [5.41, 5.74) is 6.96. The largest absolute Gasteiger partial charge is 0.366 e. The number of nitrogens with two attached hydrogens (primary N) is 1. The summed E-state index contributed by atoms with van der Waals surface area (Å²) in [4.78, 5) is 14.7. The third-order valence-corrected chi connectivity index (χ3v) is 4.33. The maximum atomic E-state index is 11.0. The number of amides is 1. The Morgan fingerprint density at radius 1 is 1.32 bits per heavy atom. The molecule has 0 aliphatic carbocycles. The van der Waals surface area contributed by atoms with Crippen molar-refractivity contribution in [1.82, 2.24) is 4.90 Å². The standard InChI is InChI=1S/C15H18N2OS/c1-11(14-4-3-9-19-14)17(2)10-12-5-7-13(8-6-12)15(16)18/h3-9,11H,10H2,1-2H3,(H2,16,18)/t11-/m1/s1. The molecule has 1 aromatic carbocycles. The second-order valence-corrected chi connectivity index (χ2v) is 5.65. The van der Waals surface area contributed by atoms with Crippen LogP contribution in [-0.2, 0) is 6.54 Å². The molecule has 0 bridgehead atoms. The van der Waals surface area contributed by atoms with E-state index in [2.05, 4.69) is 36.4 Å². The quantitative estimate of drug-likeness (QED) is 0.911. The summed E-state index contributed by atoms with van der Waals surface area (Å²) < 4.78 is 0. The Bertz CT molecular complexity index is 534. The molecule has 1 heterocycles. The topological polar surface area (TPSA) is 46.3 Å². The molecule has 0 spiro atoms. The molecular formula is C15H18N2OS. The number of nitrogens with zero attached hydrogens (tertiary/aromatic N) is 1. The average Bonchev–Trinajstić information content (AvgIpc) is 2.92. The second kappa shape index (κ2) is 5.99. The van der Waals surface area contributed by atoms with Crippen molar-refractivity contribution in [1.29, 1.82) is 0 Å². The molecule has 4 heteroatoms. The minimum Gasteiger partial charge on any atom is -0.366 e. The van der Waals surface area contributed by atoms with Gasteiger partial charge in [0.25, 0.3) is 0 Å². The molecular weight excluding hydrogens is 256 g/mol. The van der Waals surface area contributed by atoms with Crippen LogP contribution in [0.2, 0.25) is 0 Å². The highest BCUT2D eigenvalue weighted by Gasteiger charge is 2.12. The molecule has 0 fully saturated rings. The van der Waals surface area contributed by atoms with Gasteiger partial charge in [-0.15, -0.1) is 11.3 Å². The van der Waals surface area contributed by atoms with Gasteiger partial charge in [-0.25, -0.2) is 0 Å². The van der Waals surface area contributed by atoms with Gasteiger partial charge in [-0.3, -0.25) is 9.69 Å². The fourth-order valence-electron chi connectivity index (χ4n) is 1.95. The van der Waals surface area contributed by atoms with Crippen LogP contribution in [0.4, 0.5) is 0 Å². The van der Waals surface area contributed by atoms with Crippen molar-refractivity contribution in [2.24, 2.45) is 5.73 Å². The van der Waals surface area contributed by atoms with E-state index in [0.29, 0.717) is 11.6 Å². The Hall–Kier alpha value is -1.65. The number of primary amides is 1. The second-order valence-electron chi connectivity index (χ2n) is 4.67. The van der Waals surface area contributed by atoms with Crippen LogP contribution in [0.5, 0.6) is 0 Å². The Labute approximate surface area is 117 Å². The van der Waals surface area contributed by atoms with E-state index in [9.17, 15) is 4.79 Å². The van der Waals surface area contributed by atoms with E-state index in [1.807, 2.05) is 12.1 Å². The van der Waals surface area contributed by atoms with Gasteiger partial charge in [-0.05, 0) is 43.1 Å². The van der Waals surface area contributed by atoms with Gasteiger partial charge in [0.1, 0.15) is 0 Å². The van der Waals surface area contributed by atoms with Crippen LogP contribution < -0.4 is 5.73 Å². The van der Waals surface area contributed by atoms with E-state index in [0.717, 1.165) is 6.54 Å². The summed E-state index contributed by atoms with van der Waals surface area (Å²) in [5.74, 6) is -0.383. The van der Waals surface area contributed by atoms with E-state index >= 15 is 0 Å². The number of rotatable bonds is 5. The van der Waals surface area contributed by atoms with Gasteiger partial charge in [-0.1, -0.05) is 18.2 Å². The summed E-state index contributed by atoms with van der Waals surface area (Å²) >= 11 is 1.77. The zero-order valence-corrected chi connectivity index (χ0v) is 12.0. The summed E-state index contributed by atoms with van der Waals surface area (Å²) in [7, 11) is 2.10. The Morgan fingerprint density at radius 3 is 2.53 bits per heavy atom. The van der Waals surface area contributed by atoms with E-state index in [-0.39, 0.29) is 5.91 Å². The molecule has 3 nitrogen and oxygen atoms in total. The number of hydrogen-bond donors (Lipinski definition) is 1. The normalized spacial score (nSPS) is 12.6. The van der Waals surface area contributed by atoms with Gasteiger partial charge in [0.05, 0.1) is 0 Å². The Balaban J connectivity index is 2.02. The van der Waals surface area contributed by atoms with Gasteiger partial charge < -0.3 is 5.73 Å². The number of hydrogen-bond acceptors (Lipinski definition) is 3. The number of carbonyl (C=O) groups is 1. The number of carbonyl (C=O) groups excluding carboxylic acids is 1. The SMILES string of the molecule is C[C@H](c1cccs1)N(C)Cc1ccc(C(N)=O)cc1. The van der Waals surface area contributed by atoms with E-state index < -0.39 is 0 Å². The molecule has 0 aliphatic rings. The molecule has 1 atom stereocenters. The molecule has 0 saturated heterocycles. The van der Waals surface area contributed by atoms with Gasteiger partial charge in [0, 0.05) is 23.0 Å². The molecule has 0 saturated carbocycles. The third-order valence-electron chi connectivity index (χ3n) is 3.29. The highest BCUT2D eigenvalue weighted by atomic mass is 32.1. The van der Waals surface area contributed by atoms with Crippen molar-refractivity contribution < 1.29 is 4.79 Å². The predicted octanol–water partition coefficient (Wildman–Crippen LogP) is 3.04. The fourth-order valence-corrected chi connectivity index (χ4v) is 2.79. The minimum atomic E-state index is -0.383. The maximum absolute atomic E-state index is 11.0. The molecule has 0 aliphatic heterocycles. The van der Waals surface area contributed by atoms with Crippen LogP contribution in [0.15, 0.2) is 41.8 Å². The zero-order chi connectivity index (χ0) is 13.8. The molecule has 2 aromatic rings. The third kappa shape index (κ3) is 3.43. The van der Waals surface area contributed by atoms with Gasteiger partial charge in [0.15, 0.2) is 0 Å². The van der Waals surface area contributed by atoms with Crippen molar-refractivity contribution in [3.63, 3.8) is 0 Å². The van der Waals surface area contributed by atoms with Crippen molar-refractivity contribution in [3.05, 3.63) is 57.8 Å². The first-order chi connectivity index (χ1) is 9.08. The molecule has 2 rings (SSSR count). The molecule has 1 amide bonds. The van der Waals surface area contributed by atoms with Crippen molar-refractivity contribution in [3.8, 4) is 0 Å². The monoisotopic (exact) mass is 274 g/mol. The lowest BCUT2D eigenvalue weighted by atomic mass is 10.1. The smallest absolute Gasteiger partial charge is 0.248 e. The van der Waals surface area contributed by atoms with Gasteiger partial charge in [0.2, 0.25) is 5.91 Å². The lowest BCUT2D eigenvalue weighted by molar-refractivity contribution is 0.100. The van der Waals surface area contributed by atoms with Crippen molar-refractivity contribution >= 4 is 17.2 Å². The molecule has 1 aromatic heterocycles. The van der Waals surface area contributed by atoms with Gasteiger partial charge in [-0.2, -0.15) is 0 Å². The molecule has 19 heavy (non-hydrogen) atoms. The number of benzene rings is 1. The Kier molecular flexibility index (Phi) is 4.35. The Morgan fingerprint density at radius 2 is 2.00 bits per heavy atom. The highest BCUT2D eigenvalue weighted by molar-refractivity contribution is 7.10. The number of thiophene rings is 1. The van der Waals surface area contributed by atoms with Gasteiger partial charge >= 0.3 is 0 Å². The van der Waals surface area contributed by atoms with Crippen molar-refractivity contribution in [2.45, 2.75) is 19.5 Å². The zero-order valence-electron chi connectivity index (χ0n) is 11.2. The molecule has 2 N–H and O–H groups in total. The van der Waals surface area contributed by atoms with Crippen LogP contribution in [-0.4, -0.2) is 17.9 Å². The van der Waals surface area contributed by atoms with E-state index in [1.54, 1.807) is 23.5 Å². The van der Waals surface area contributed by atoms with Crippen LogP contribution in [0, 0.1) is 0 Å².